The number of thiazole rings is 1. The van der Waals surface area contributed by atoms with Crippen LogP contribution < -0.4 is 5.73 Å². The maximum Gasteiger partial charge on any atom is 0.0904 e. The average Bonchev–Trinajstić information content (AvgIpc) is 2.81. The molecule has 2 aromatic rings. The summed E-state index contributed by atoms with van der Waals surface area (Å²) in [6, 6.07) is 0. The number of hydrogen-bond acceptors (Lipinski definition) is 4. The molecule has 4 nitrogen and oxygen atoms in total. The predicted octanol–water partition coefficient (Wildman–Crippen LogP) is 2.92. The Bertz CT molecular complexity index is 583. The third-order valence-electron chi connectivity index (χ3n) is 3.55. The van der Waals surface area contributed by atoms with Gasteiger partial charge in [-0.1, -0.05) is 6.92 Å². The summed E-state index contributed by atoms with van der Waals surface area (Å²) in [5.74, 6) is 0.449. The van der Waals surface area contributed by atoms with Crippen molar-refractivity contribution < 1.29 is 0 Å². The van der Waals surface area contributed by atoms with Crippen molar-refractivity contribution in [1.82, 2.24) is 14.8 Å². The van der Waals surface area contributed by atoms with Gasteiger partial charge in [0.1, 0.15) is 0 Å². The van der Waals surface area contributed by atoms with Crippen molar-refractivity contribution in [3.05, 3.63) is 21.3 Å². The van der Waals surface area contributed by atoms with Crippen molar-refractivity contribution in [3.8, 4) is 11.3 Å². The van der Waals surface area contributed by atoms with E-state index in [-0.39, 0.29) is 0 Å². The van der Waals surface area contributed by atoms with E-state index >= 15 is 0 Å². The smallest absolute Gasteiger partial charge is 0.0904 e. The molecule has 2 rings (SSSR count). The number of aromatic nitrogens is 3. The molecule has 1 atom stereocenters. The molecule has 0 bridgehead atoms. The Morgan fingerprint density at radius 2 is 2.00 bits per heavy atom. The van der Waals surface area contributed by atoms with Gasteiger partial charge in [-0.05, 0) is 39.7 Å². The van der Waals surface area contributed by atoms with Gasteiger partial charge in [0.15, 0.2) is 0 Å². The van der Waals surface area contributed by atoms with Gasteiger partial charge in [0.2, 0.25) is 0 Å². The van der Waals surface area contributed by atoms with Gasteiger partial charge in [-0.3, -0.25) is 4.68 Å². The van der Waals surface area contributed by atoms with Crippen LogP contribution in [0.25, 0.3) is 11.3 Å². The lowest BCUT2D eigenvalue weighted by Gasteiger charge is -2.10. The van der Waals surface area contributed by atoms with Gasteiger partial charge in [-0.25, -0.2) is 4.98 Å². The van der Waals surface area contributed by atoms with Crippen LogP contribution in [0.2, 0.25) is 0 Å². The highest BCUT2D eigenvalue weighted by atomic mass is 32.1. The third-order valence-corrected chi connectivity index (χ3v) is 4.76. The molecule has 19 heavy (non-hydrogen) atoms. The minimum atomic E-state index is 0.449. The Hall–Kier alpha value is -1.20. The van der Waals surface area contributed by atoms with Crippen LogP contribution in [0.15, 0.2) is 0 Å². The lowest BCUT2D eigenvalue weighted by atomic mass is 10.0. The van der Waals surface area contributed by atoms with Gasteiger partial charge in [0.05, 0.1) is 16.4 Å². The van der Waals surface area contributed by atoms with E-state index < -0.39 is 0 Å². The summed E-state index contributed by atoms with van der Waals surface area (Å²) in [5, 5.41) is 5.61. The first-order valence-corrected chi connectivity index (χ1v) is 7.45. The summed E-state index contributed by atoms with van der Waals surface area (Å²) < 4.78 is 1.93. The molecule has 0 aromatic carbocycles. The molecular weight excluding hydrogens is 256 g/mol. The Labute approximate surface area is 118 Å². The van der Waals surface area contributed by atoms with Crippen molar-refractivity contribution >= 4 is 11.3 Å². The summed E-state index contributed by atoms with van der Waals surface area (Å²) in [7, 11) is 1.98. The SMILES string of the molecule is Cc1nc(-c2c(C)nn(C)c2C)c(C(C)CCN)s1. The maximum atomic E-state index is 5.69. The van der Waals surface area contributed by atoms with Crippen molar-refractivity contribution in [1.29, 1.82) is 0 Å². The molecule has 0 spiro atoms. The van der Waals surface area contributed by atoms with Crippen LogP contribution >= 0.6 is 11.3 Å². The summed E-state index contributed by atoms with van der Waals surface area (Å²) >= 11 is 1.78. The highest BCUT2D eigenvalue weighted by molar-refractivity contribution is 7.12. The van der Waals surface area contributed by atoms with Crippen LogP contribution in [-0.2, 0) is 7.05 Å². The fourth-order valence-corrected chi connectivity index (χ4v) is 3.47. The van der Waals surface area contributed by atoms with Crippen molar-refractivity contribution in [2.45, 2.75) is 40.0 Å². The van der Waals surface area contributed by atoms with E-state index in [9.17, 15) is 0 Å². The van der Waals surface area contributed by atoms with Crippen LogP contribution in [-0.4, -0.2) is 21.3 Å². The van der Waals surface area contributed by atoms with Gasteiger partial charge in [-0.2, -0.15) is 5.10 Å². The number of nitrogens with zero attached hydrogens (tertiary/aromatic N) is 3. The highest BCUT2D eigenvalue weighted by Crippen LogP contribution is 2.37. The first-order valence-electron chi connectivity index (χ1n) is 6.63. The monoisotopic (exact) mass is 278 g/mol. The maximum absolute atomic E-state index is 5.69. The lowest BCUT2D eigenvalue weighted by molar-refractivity contribution is 0.701. The third kappa shape index (κ3) is 2.58. The zero-order valence-electron chi connectivity index (χ0n) is 12.3. The molecule has 2 N–H and O–H groups in total. The van der Waals surface area contributed by atoms with E-state index in [0.717, 1.165) is 22.8 Å². The van der Waals surface area contributed by atoms with E-state index in [1.165, 1.54) is 16.1 Å². The van der Waals surface area contributed by atoms with Crippen LogP contribution in [0.4, 0.5) is 0 Å². The van der Waals surface area contributed by atoms with Gasteiger partial charge < -0.3 is 5.73 Å². The van der Waals surface area contributed by atoms with E-state index in [1.54, 1.807) is 11.3 Å². The standard InChI is InChI=1S/C14H22N4S/c1-8(6-7-15)14-13(16-11(4)19-14)12-9(2)17-18(5)10(12)3/h8H,6-7,15H2,1-5H3. The van der Waals surface area contributed by atoms with Crippen molar-refractivity contribution in [2.75, 3.05) is 6.54 Å². The zero-order valence-corrected chi connectivity index (χ0v) is 13.1. The number of nitrogens with two attached hydrogens (primary N) is 1. The van der Waals surface area contributed by atoms with Gasteiger partial charge >= 0.3 is 0 Å². The molecule has 5 heteroatoms. The van der Waals surface area contributed by atoms with Gasteiger partial charge in [0, 0.05) is 23.2 Å². The lowest BCUT2D eigenvalue weighted by Crippen LogP contribution is -2.04. The minimum absolute atomic E-state index is 0.449. The Morgan fingerprint density at radius 1 is 1.32 bits per heavy atom. The van der Waals surface area contributed by atoms with Crippen molar-refractivity contribution in [3.63, 3.8) is 0 Å². The second-order valence-electron chi connectivity index (χ2n) is 5.09. The summed E-state index contributed by atoms with van der Waals surface area (Å²) in [6.07, 6.45) is 0.993. The molecule has 0 aliphatic rings. The largest absolute Gasteiger partial charge is 0.330 e. The Balaban J connectivity index is 2.56. The molecule has 104 valence electrons. The minimum Gasteiger partial charge on any atom is -0.330 e. The van der Waals surface area contributed by atoms with E-state index in [1.807, 2.05) is 18.7 Å². The first-order chi connectivity index (χ1) is 8.95. The Morgan fingerprint density at radius 3 is 2.53 bits per heavy atom. The molecule has 2 heterocycles. The number of aryl methyl sites for hydroxylation is 3. The molecule has 0 radical (unpaired) electrons. The average molecular weight is 278 g/mol. The van der Waals surface area contributed by atoms with Gasteiger partial charge in [0.25, 0.3) is 0 Å². The van der Waals surface area contributed by atoms with E-state index in [0.29, 0.717) is 12.5 Å². The molecule has 0 amide bonds. The molecule has 0 fully saturated rings. The second kappa shape index (κ2) is 5.43. The van der Waals surface area contributed by atoms with Crippen LogP contribution in [0.5, 0.6) is 0 Å². The molecular formula is C14H22N4S. The van der Waals surface area contributed by atoms with Crippen LogP contribution in [0.1, 0.15) is 40.5 Å². The second-order valence-corrected chi connectivity index (χ2v) is 6.33. The molecule has 2 aromatic heterocycles. The quantitative estimate of drug-likeness (QED) is 0.935. The number of rotatable bonds is 4. The van der Waals surface area contributed by atoms with Crippen LogP contribution in [0, 0.1) is 20.8 Å². The topological polar surface area (TPSA) is 56.7 Å². The molecule has 0 saturated heterocycles. The summed E-state index contributed by atoms with van der Waals surface area (Å²) in [5.41, 5.74) is 10.2. The normalized spacial score (nSPS) is 12.9. The molecule has 1 unspecified atom stereocenters. The zero-order chi connectivity index (χ0) is 14.2. The van der Waals surface area contributed by atoms with Crippen LogP contribution in [0.3, 0.4) is 0 Å². The fourth-order valence-electron chi connectivity index (χ4n) is 2.45. The summed E-state index contributed by atoms with van der Waals surface area (Å²) in [6.45, 7) is 9.15. The number of hydrogen-bond donors (Lipinski definition) is 1. The molecule has 0 aliphatic heterocycles. The Kier molecular flexibility index (Phi) is 4.06. The molecule has 0 aliphatic carbocycles. The van der Waals surface area contributed by atoms with E-state index in [4.69, 9.17) is 10.7 Å². The van der Waals surface area contributed by atoms with E-state index in [2.05, 4.69) is 25.9 Å². The highest BCUT2D eigenvalue weighted by Gasteiger charge is 2.21. The van der Waals surface area contributed by atoms with Gasteiger partial charge in [-0.15, -0.1) is 11.3 Å². The molecule has 0 saturated carbocycles. The summed E-state index contributed by atoms with van der Waals surface area (Å²) in [4.78, 5) is 6.08. The van der Waals surface area contributed by atoms with Crippen molar-refractivity contribution in [2.24, 2.45) is 12.8 Å². The first kappa shape index (κ1) is 14.2. The fraction of sp³-hybridized carbons (Fsp3) is 0.571. The predicted molar refractivity (Wildman–Crippen MR) is 80.6 cm³/mol.